The number of benzene rings is 2. The number of carbonyl (C=O) groups excluding carboxylic acids is 2. The average Bonchev–Trinajstić information content (AvgIpc) is 2.70. The molecule has 2 rings (SSSR count). The van der Waals surface area contributed by atoms with Gasteiger partial charge in [0.1, 0.15) is 12.4 Å². The van der Waals surface area contributed by atoms with Crippen LogP contribution in [0.15, 0.2) is 49.1 Å². The molecule has 28 heavy (non-hydrogen) atoms. The molecule has 0 aliphatic rings. The van der Waals surface area contributed by atoms with Crippen LogP contribution in [-0.4, -0.2) is 39.3 Å². The Bertz CT molecular complexity index is 868. The van der Waals surface area contributed by atoms with E-state index in [0.717, 1.165) is 0 Å². The van der Waals surface area contributed by atoms with Gasteiger partial charge in [-0.2, -0.15) is 0 Å². The number of methoxy groups -OCH3 is 2. The summed E-state index contributed by atoms with van der Waals surface area (Å²) in [6.07, 6.45) is 1.59. The van der Waals surface area contributed by atoms with Gasteiger partial charge in [0.05, 0.1) is 25.5 Å². The molecule has 0 aliphatic heterocycles. The van der Waals surface area contributed by atoms with Gasteiger partial charge in [-0.15, -0.1) is 0 Å². The molecule has 2 aromatic carbocycles. The zero-order valence-electron chi connectivity index (χ0n) is 15.5. The van der Waals surface area contributed by atoms with Crippen molar-refractivity contribution in [1.82, 2.24) is 0 Å². The quantitative estimate of drug-likeness (QED) is 0.505. The Kier molecular flexibility index (Phi) is 7.71. The summed E-state index contributed by atoms with van der Waals surface area (Å²) in [6.45, 7) is 3.39. The van der Waals surface area contributed by atoms with Gasteiger partial charge in [0.25, 0.3) is 5.91 Å². The minimum Gasteiger partial charge on any atom is -0.495 e. The third-order valence-corrected chi connectivity index (χ3v) is 3.76. The molecule has 0 radical (unpaired) electrons. The number of ether oxygens (including phenoxy) is 4. The lowest BCUT2D eigenvalue weighted by atomic mass is 10.2. The third kappa shape index (κ3) is 5.65. The first-order valence-electron chi connectivity index (χ1n) is 8.20. The lowest BCUT2D eigenvalue weighted by Crippen LogP contribution is -2.21. The second-order valence-electron chi connectivity index (χ2n) is 5.43. The molecule has 0 saturated carbocycles. The number of anilines is 1. The fourth-order valence-electron chi connectivity index (χ4n) is 2.24. The zero-order valence-corrected chi connectivity index (χ0v) is 16.2. The minimum absolute atomic E-state index is 0.218. The lowest BCUT2D eigenvalue weighted by molar-refractivity contribution is -0.119. The fourth-order valence-corrected chi connectivity index (χ4v) is 2.41. The second-order valence-corrected chi connectivity index (χ2v) is 5.87. The largest absolute Gasteiger partial charge is 0.495 e. The molecule has 148 valence electrons. The highest BCUT2D eigenvalue weighted by Gasteiger charge is 2.15. The number of hydrogen-bond donors (Lipinski definition) is 1. The van der Waals surface area contributed by atoms with Crippen molar-refractivity contribution < 1.29 is 28.5 Å². The molecule has 7 nitrogen and oxygen atoms in total. The predicted octanol–water partition coefficient (Wildman–Crippen LogP) is 3.72. The highest BCUT2D eigenvalue weighted by Crippen LogP contribution is 2.29. The van der Waals surface area contributed by atoms with E-state index in [4.69, 9.17) is 30.5 Å². The summed E-state index contributed by atoms with van der Waals surface area (Å²) < 4.78 is 20.8. The molecule has 0 aromatic heterocycles. The molecule has 0 saturated heterocycles. The summed E-state index contributed by atoms with van der Waals surface area (Å²) in [4.78, 5) is 24.3. The van der Waals surface area contributed by atoms with Crippen molar-refractivity contribution in [1.29, 1.82) is 0 Å². The zero-order chi connectivity index (χ0) is 20.5. The van der Waals surface area contributed by atoms with Crippen LogP contribution in [0.5, 0.6) is 17.2 Å². The van der Waals surface area contributed by atoms with Crippen LogP contribution in [-0.2, 0) is 9.53 Å². The van der Waals surface area contributed by atoms with Gasteiger partial charge < -0.3 is 24.3 Å². The van der Waals surface area contributed by atoms with Crippen LogP contribution in [0.3, 0.4) is 0 Å². The first kappa shape index (κ1) is 21.1. The fraction of sp³-hybridized carbons (Fsp3) is 0.200. The molecular formula is C20H20ClNO6. The van der Waals surface area contributed by atoms with E-state index in [1.54, 1.807) is 24.3 Å². The predicted molar refractivity (Wildman–Crippen MR) is 106 cm³/mol. The number of halogens is 1. The van der Waals surface area contributed by atoms with Crippen molar-refractivity contribution in [3.63, 3.8) is 0 Å². The smallest absolute Gasteiger partial charge is 0.338 e. The highest BCUT2D eigenvalue weighted by molar-refractivity contribution is 6.31. The monoisotopic (exact) mass is 405 g/mol. The Balaban J connectivity index is 1.99. The van der Waals surface area contributed by atoms with E-state index in [9.17, 15) is 9.59 Å². The molecule has 0 bridgehead atoms. The maximum Gasteiger partial charge on any atom is 0.338 e. The first-order valence-corrected chi connectivity index (χ1v) is 8.58. The van der Waals surface area contributed by atoms with Crippen LogP contribution in [0.25, 0.3) is 0 Å². The van der Waals surface area contributed by atoms with Gasteiger partial charge in [-0.05, 0) is 36.4 Å². The Morgan fingerprint density at radius 3 is 2.46 bits per heavy atom. The van der Waals surface area contributed by atoms with Crippen LogP contribution in [0, 0.1) is 0 Å². The molecule has 0 atom stereocenters. The maximum atomic E-state index is 12.2. The van der Waals surface area contributed by atoms with E-state index < -0.39 is 18.5 Å². The molecule has 0 aliphatic carbocycles. The number of carbonyl (C=O) groups is 2. The van der Waals surface area contributed by atoms with E-state index in [1.807, 2.05) is 0 Å². The molecule has 0 fully saturated rings. The summed E-state index contributed by atoms with van der Waals surface area (Å²) in [5.41, 5.74) is 0.595. The van der Waals surface area contributed by atoms with Crippen LogP contribution >= 0.6 is 11.6 Å². The van der Waals surface area contributed by atoms with Crippen molar-refractivity contribution >= 4 is 29.2 Å². The highest BCUT2D eigenvalue weighted by atomic mass is 35.5. The van der Waals surface area contributed by atoms with Gasteiger partial charge in [-0.25, -0.2) is 4.79 Å². The Hall–Kier alpha value is -3.19. The van der Waals surface area contributed by atoms with E-state index in [0.29, 0.717) is 34.6 Å². The van der Waals surface area contributed by atoms with Crippen molar-refractivity contribution in [3.05, 3.63) is 59.6 Å². The maximum absolute atomic E-state index is 12.2. The second kappa shape index (κ2) is 10.2. The molecule has 8 heteroatoms. The molecule has 0 unspecified atom stereocenters. The van der Waals surface area contributed by atoms with Gasteiger partial charge in [0.15, 0.2) is 18.1 Å². The Morgan fingerprint density at radius 2 is 1.79 bits per heavy atom. The number of nitrogens with one attached hydrogen (secondary N) is 1. The molecule has 0 heterocycles. The molecule has 0 spiro atoms. The van der Waals surface area contributed by atoms with Crippen LogP contribution in [0.4, 0.5) is 5.69 Å². The van der Waals surface area contributed by atoms with E-state index >= 15 is 0 Å². The van der Waals surface area contributed by atoms with Gasteiger partial charge in [0.2, 0.25) is 0 Å². The average molecular weight is 406 g/mol. The molecule has 2 aromatic rings. The van der Waals surface area contributed by atoms with Gasteiger partial charge in [-0.1, -0.05) is 24.3 Å². The molecular weight excluding hydrogens is 386 g/mol. The van der Waals surface area contributed by atoms with E-state index in [-0.39, 0.29) is 5.56 Å². The van der Waals surface area contributed by atoms with Crippen LogP contribution in [0.1, 0.15) is 10.4 Å². The van der Waals surface area contributed by atoms with Gasteiger partial charge in [-0.3, -0.25) is 4.79 Å². The normalized spacial score (nSPS) is 9.96. The SMILES string of the molecule is C=CCOc1ccc(C(=O)OCC(=O)Nc2cc(Cl)ccc2OC)cc1OC. The summed E-state index contributed by atoms with van der Waals surface area (Å²) in [5.74, 6) is 0.0479. The standard InChI is InChI=1S/C20H20ClNO6/c1-4-9-27-17-7-5-13(10-18(17)26-3)20(24)28-12-19(23)22-15-11-14(21)6-8-16(15)25-2/h4-8,10-11H,1,9,12H2,2-3H3,(H,22,23). The van der Waals surface area contributed by atoms with Crippen LogP contribution < -0.4 is 19.5 Å². The Morgan fingerprint density at radius 1 is 1.07 bits per heavy atom. The van der Waals surface area contributed by atoms with Gasteiger partial charge in [0, 0.05) is 5.02 Å². The summed E-state index contributed by atoms with van der Waals surface area (Å²) in [6, 6.07) is 9.35. The number of rotatable bonds is 9. The number of esters is 1. The molecule has 1 N–H and O–H groups in total. The summed E-state index contributed by atoms with van der Waals surface area (Å²) in [5, 5.41) is 3.01. The lowest BCUT2D eigenvalue weighted by Gasteiger charge is -2.12. The van der Waals surface area contributed by atoms with Crippen molar-refractivity contribution in [2.24, 2.45) is 0 Å². The van der Waals surface area contributed by atoms with Crippen molar-refractivity contribution in [2.45, 2.75) is 0 Å². The topological polar surface area (TPSA) is 83.1 Å². The third-order valence-electron chi connectivity index (χ3n) is 3.53. The van der Waals surface area contributed by atoms with Crippen molar-refractivity contribution in [3.8, 4) is 17.2 Å². The summed E-state index contributed by atoms with van der Waals surface area (Å²) >= 11 is 5.92. The summed E-state index contributed by atoms with van der Waals surface area (Å²) in [7, 11) is 2.92. The van der Waals surface area contributed by atoms with E-state index in [2.05, 4.69) is 11.9 Å². The van der Waals surface area contributed by atoms with Crippen LogP contribution in [0.2, 0.25) is 5.02 Å². The van der Waals surface area contributed by atoms with E-state index in [1.165, 1.54) is 32.4 Å². The molecule has 1 amide bonds. The minimum atomic E-state index is -0.679. The number of hydrogen-bond acceptors (Lipinski definition) is 6. The van der Waals surface area contributed by atoms with Crippen molar-refractivity contribution in [2.75, 3.05) is 32.8 Å². The first-order chi connectivity index (χ1) is 13.5. The Labute approximate surface area is 167 Å². The van der Waals surface area contributed by atoms with Gasteiger partial charge >= 0.3 is 5.97 Å². The number of amides is 1.